The summed E-state index contributed by atoms with van der Waals surface area (Å²) in [6.07, 6.45) is 7.41. The number of aryl methyl sites for hydroxylation is 1. The van der Waals surface area contributed by atoms with E-state index >= 15 is 0 Å². The lowest BCUT2D eigenvalue weighted by Crippen LogP contribution is -2.37. The number of aromatic nitrogens is 1. The Morgan fingerprint density at radius 3 is 2.62 bits per heavy atom. The number of pyridine rings is 1. The number of anilines is 2. The first-order chi connectivity index (χ1) is 11.8. The topological polar surface area (TPSA) is 36.4 Å². The highest BCUT2D eigenvalue weighted by atomic mass is 16.2. The summed E-state index contributed by atoms with van der Waals surface area (Å²) in [7, 11) is 0. The molecule has 0 N–H and O–H groups in total. The van der Waals surface area contributed by atoms with Gasteiger partial charge in [0, 0.05) is 31.5 Å². The molecule has 124 valence electrons. The van der Waals surface area contributed by atoms with Crippen LogP contribution in [0.2, 0.25) is 0 Å². The molecule has 1 amide bonds. The van der Waals surface area contributed by atoms with Crippen molar-refractivity contribution in [2.45, 2.75) is 32.1 Å². The van der Waals surface area contributed by atoms with Crippen molar-refractivity contribution in [1.29, 1.82) is 0 Å². The van der Waals surface area contributed by atoms with E-state index in [4.69, 9.17) is 0 Å². The average Bonchev–Trinajstić information content (AvgIpc) is 2.68. The molecule has 0 unspecified atom stereocenters. The molecule has 1 aromatic heterocycles. The molecule has 0 radical (unpaired) electrons. The van der Waals surface area contributed by atoms with Gasteiger partial charge >= 0.3 is 0 Å². The molecule has 1 aromatic carbocycles. The van der Waals surface area contributed by atoms with Gasteiger partial charge in [-0.1, -0.05) is 18.2 Å². The molecule has 0 saturated carbocycles. The van der Waals surface area contributed by atoms with E-state index in [2.05, 4.69) is 34.1 Å². The fourth-order valence-corrected chi connectivity index (χ4v) is 3.80. The second kappa shape index (κ2) is 6.63. The number of para-hydroxylation sites is 1. The van der Waals surface area contributed by atoms with E-state index in [0.29, 0.717) is 0 Å². The minimum Gasteiger partial charge on any atom is -0.339 e. The Morgan fingerprint density at radius 1 is 0.917 bits per heavy atom. The molecule has 4 nitrogen and oxygen atoms in total. The van der Waals surface area contributed by atoms with Gasteiger partial charge in [-0.15, -0.1) is 0 Å². The van der Waals surface area contributed by atoms with Crippen molar-refractivity contribution in [3.63, 3.8) is 0 Å². The Kier molecular flexibility index (Phi) is 4.20. The Morgan fingerprint density at radius 2 is 1.75 bits per heavy atom. The molecule has 2 aromatic rings. The van der Waals surface area contributed by atoms with E-state index in [1.165, 1.54) is 17.7 Å². The van der Waals surface area contributed by atoms with Crippen molar-refractivity contribution in [3.8, 4) is 0 Å². The second-order valence-corrected chi connectivity index (χ2v) is 6.61. The van der Waals surface area contributed by atoms with Crippen molar-refractivity contribution in [2.75, 3.05) is 24.5 Å². The summed E-state index contributed by atoms with van der Waals surface area (Å²) in [6, 6.07) is 12.3. The summed E-state index contributed by atoms with van der Waals surface area (Å²) < 4.78 is 0. The Bertz CT molecular complexity index is 737. The maximum absolute atomic E-state index is 13.0. The largest absolute Gasteiger partial charge is 0.339 e. The third kappa shape index (κ3) is 2.77. The number of amides is 1. The van der Waals surface area contributed by atoms with Crippen LogP contribution in [0.4, 0.5) is 11.5 Å². The van der Waals surface area contributed by atoms with Crippen molar-refractivity contribution in [1.82, 2.24) is 9.88 Å². The first-order valence-corrected chi connectivity index (χ1v) is 8.94. The predicted octanol–water partition coefficient (Wildman–Crippen LogP) is 3.79. The third-order valence-corrected chi connectivity index (χ3v) is 5.03. The van der Waals surface area contributed by atoms with Gasteiger partial charge in [-0.25, -0.2) is 4.98 Å². The third-order valence-electron chi connectivity index (χ3n) is 5.03. The zero-order valence-corrected chi connectivity index (χ0v) is 13.9. The van der Waals surface area contributed by atoms with Gasteiger partial charge in [0.15, 0.2) is 0 Å². The van der Waals surface area contributed by atoms with Crippen LogP contribution in [-0.4, -0.2) is 35.4 Å². The van der Waals surface area contributed by atoms with Crippen LogP contribution in [0.25, 0.3) is 0 Å². The molecule has 1 fully saturated rings. The summed E-state index contributed by atoms with van der Waals surface area (Å²) in [5.74, 6) is 0.932. The highest BCUT2D eigenvalue weighted by Crippen LogP contribution is 2.34. The second-order valence-electron chi connectivity index (χ2n) is 6.61. The molecule has 2 aliphatic heterocycles. The van der Waals surface area contributed by atoms with Gasteiger partial charge in [0.2, 0.25) is 0 Å². The smallest absolute Gasteiger partial charge is 0.257 e. The van der Waals surface area contributed by atoms with Crippen LogP contribution in [0.5, 0.6) is 0 Å². The highest BCUT2D eigenvalue weighted by Gasteiger charge is 2.26. The Labute approximate surface area is 143 Å². The molecule has 4 rings (SSSR count). The van der Waals surface area contributed by atoms with E-state index in [1.807, 2.05) is 17.0 Å². The van der Waals surface area contributed by atoms with E-state index in [9.17, 15) is 4.79 Å². The number of nitrogens with zero attached hydrogens (tertiary/aromatic N) is 3. The molecular weight excluding hydrogens is 298 g/mol. The van der Waals surface area contributed by atoms with Crippen LogP contribution in [0, 0.1) is 0 Å². The lowest BCUT2D eigenvalue weighted by atomic mass is 10.0. The molecule has 4 heteroatoms. The molecule has 0 atom stereocenters. The standard InChI is InChI=1S/C20H23N3O/c24-20(22-13-4-1-5-14-22)17-10-6-12-21-19(17)23-15-7-9-16-8-2-3-11-18(16)23/h2-3,6,8,10-12H,1,4-5,7,9,13-15H2. The normalized spacial score (nSPS) is 17.5. The molecule has 24 heavy (non-hydrogen) atoms. The molecule has 2 aliphatic rings. The molecule has 0 aliphatic carbocycles. The van der Waals surface area contributed by atoms with Crippen molar-refractivity contribution in [2.24, 2.45) is 0 Å². The van der Waals surface area contributed by atoms with Crippen LogP contribution < -0.4 is 4.90 Å². The number of carbonyl (C=O) groups is 1. The summed E-state index contributed by atoms with van der Waals surface area (Å²) in [5, 5.41) is 0. The number of fused-ring (bicyclic) bond motifs is 1. The fraction of sp³-hybridized carbons (Fsp3) is 0.400. The molecule has 1 saturated heterocycles. The number of likely N-dealkylation sites (tertiary alicyclic amines) is 1. The molecule has 0 spiro atoms. The predicted molar refractivity (Wildman–Crippen MR) is 95.8 cm³/mol. The van der Waals surface area contributed by atoms with Crippen molar-refractivity contribution < 1.29 is 4.79 Å². The fourth-order valence-electron chi connectivity index (χ4n) is 3.80. The number of carbonyl (C=O) groups excluding carboxylic acids is 1. The van der Waals surface area contributed by atoms with Gasteiger partial charge in [0.25, 0.3) is 5.91 Å². The van der Waals surface area contributed by atoms with Crippen molar-refractivity contribution in [3.05, 3.63) is 53.7 Å². The van der Waals surface area contributed by atoms with E-state index < -0.39 is 0 Å². The summed E-state index contributed by atoms with van der Waals surface area (Å²) in [4.78, 5) is 21.8. The number of rotatable bonds is 2. The highest BCUT2D eigenvalue weighted by molar-refractivity contribution is 5.99. The van der Waals surface area contributed by atoms with Crippen LogP contribution in [-0.2, 0) is 6.42 Å². The Balaban J connectivity index is 1.71. The van der Waals surface area contributed by atoms with Gasteiger partial charge in [0.05, 0.1) is 5.56 Å². The van der Waals surface area contributed by atoms with E-state index in [0.717, 1.165) is 56.7 Å². The first-order valence-electron chi connectivity index (χ1n) is 8.94. The summed E-state index contributed by atoms with van der Waals surface area (Å²) >= 11 is 0. The van der Waals surface area contributed by atoms with Gasteiger partial charge in [-0.3, -0.25) is 4.79 Å². The van der Waals surface area contributed by atoms with Crippen LogP contribution in [0.1, 0.15) is 41.6 Å². The minimum absolute atomic E-state index is 0.126. The Hall–Kier alpha value is -2.36. The quantitative estimate of drug-likeness (QED) is 0.844. The number of hydrogen-bond donors (Lipinski definition) is 0. The number of piperidine rings is 1. The van der Waals surface area contributed by atoms with Crippen LogP contribution >= 0.6 is 0 Å². The zero-order valence-electron chi connectivity index (χ0n) is 13.9. The molecule has 0 bridgehead atoms. The van der Waals surface area contributed by atoms with E-state index in [-0.39, 0.29) is 5.91 Å². The van der Waals surface area contributed by atoms with Gasteiger partial charge in [-0.2, -0.15) is 0 Å². The SMILES string of the molecule is O=C(c1cccnc1N1CCCc2ccccc21)N1CCCCC1. The monoisotopic (exact) mass is 321 g/mol. The maximum atomic E-state index is 13.0. The summed E-state index contributed by atoms with van der Waals surface area (Å²) in [5.41, 5.74) is 3.26. The number of benzene rings is 1. The molecular formula is C20H23N3O. The maximum Gasteiger partial charge on any atom is 0.257 e. The lowest BCUT2D eigenvalue weighted by molar-refractivity contribution is 0.0724. The number of hydrogen-bond acceptors (Lipinski definition) is 3. The zero-order chi connectivity index (χ0) is 16.4. The van der Waals surface area contributed by atoms with Crippen LogP contribution in [0.3, 0.4) is 0 Å². The van der Waals surface area contributed by atoms with Gasteiger partial charge in [0.1, 0.15) is 5.82 Å². The minimum atomic E-state index is 0.126. The average molecular weight is 321 g/mol. The van der Waals surface area contributed by atoms with Gasteiger partial charge < -0.3 is 9.80 Å². The van der Waals surface area contributed by atoms with Crippen molar-refractivity contribution >= 4 is 17.4 Å². The van der Waals surface area contributed by atoms with Gasteiger partial charge in [-0.05, 0) is 55.9 Å². The lowest BCUT2D eigenvalue weighted by Gasteiger charge is -2.33. The van der Waals surface area contributed by atoms with E-state index in [1.54, 1.807) is 6.20 Å². The summed E-state index contributed by atoms with van der Waals surface area (Å²) in [6.45, 7) is 2.64. The van der Waals surface area contributed by atoms with Crippen LogP contribution in [0.15, 0.2) is 42.6 Å². The molecule has 3 heterocycles. The first kappa shape index (κ1) is 15.2.